The van der Waals surface area contributed by atoms with Crippen LogP contribution in [0.4, 0.5) is 5.82 Å². The molecule has 2 heterocycles. The second kappa shape index (κ2) is 7.99. The van der Waals surface area contributed by atoms with E-state index in [1.54, 1.807) is 13.8 Å². The highest BCUT2D eigenvalue weighted by Gasteiger charge is 2.16. The van der Waals surface area contributed by atoms with Gasteiger partial charge in [-0.1, -0.05) is 0 Å². The first-order valence-electron chi connectivity index (χ1n) is 7.62. The van der Waals surface area contributed by atoms with Crippen molar-refractivity contribution in [2.75, 3.05) is 11.6 Å². The summed E-state index contributed by atoms with van der Waals surface area (Å²) in [6.07, 6.45) is 1.67. The van der Waals surface area contributed by atoms with Crippen molar-refractivity contribution in [3.8, 4) is 11.8 Å². The van der Waals surface area contributed by atoms with Crippen LogP contribution in [-0.4, -0.2) is 47.7 Å². The fourth-order valence-corrected chi connectivity index (χ4v) is 2.29. The summed E-state index contributed by atoms with van der Waals surface area (Å²) in [6, 6.07) is 5.05. The largest absolute Gasteiger partial charge is 0.478 e. The number of nitrogens with zero attached hydrogens (tertiary/aromatic N) is 2. The van der Waals surface area contributed by atoms with Gasteiger partial charge in [-0.25, -0.2) is 9.78 Å². The minimum Gasteiger partial charge on any atom is -0.478 e. The summed E-state index contributed by atoms with van der Waals surface area (Å²) in [6.45, 7) is 3.47. The lowest BCUT2D eigenvalue weighted by Crippen LogP contribution is -2.16. The number of aromatic carboxylic acids is 1. The van der Waals surface area contributed by atoms with Gasteiger partial charge in [0, 0.05) is 18.3 Å². The molecule has 2 N–H and O–H groups in total. The SMILES string of the molecule is CC(C)Oc1cc(C(=O)Nc2ccc(C(=O)O)cn2)cc(OS(C)(=O)=O)n1. The predicted molar refractivity (Wildman–Crippen MR) is 94.6 cm³/mol. The maximum Gasteiger partial charge on any atom is 0.337 e. The molecule has 0 saturated carbocycles. The highest BCUT2D eigenvalue weighted by Crippen LogP contribution is 2.21. The average molecular weight is 395 g/mol. The van der Waals surface area contributed by atoms with Gasteiger partial charge in [-0.15, -0.1) is 0 Å². The number of anilines is 1. The molecule has 11 heteroatoms. The van der Waals surface area contributed by atoms with Crippen molar-refractivity contribution in [3.63, 3.8) is 0 Å². The van der Waals surface area contributed by atoms with Crippen LogP contribution in [0.15, 0.2) is 30.5 Å². The number of carboxylic acids is 1. The highest BCUT2D eigenvalue weighted by molar-refractivity contribution is 7.86. The first kappa shape index (κ1) is 20.1. The summed E-state index contributed by atoms with van der Waals surface area (Å²) in [5.41, 5.74) is -0.0169. The lowest BCUT2D eigenvalue weighted by Gasteiger charge is -2.12. The second-order valence-corrected chi connectivity index (χ2v) is 7.25. The number of rotatable bonds is 7. The number of aromatic nitrogens is 2. The molecular weight excluding hydrogens is 378 g/mol. The molecule has 0 spiro atoms. The van der Waals surface area contributed by atoms with E-state index in [9.17, 15) is 18.0 Å². The number of ether oxygens (including phenoxy) is 1. The molecule has 0 radical (unpaired) electrons. The van der Waals surface area contributed by atoms with Gasteiger partial charge in [-0.3, -0.25) is 4.79 Å². The van der Waals surface area contributed by atoms with Gasteiger partial charge >= 0.3 is 16.1 Å². The molecule has 27 heavy (non-hydrogen) atoms. The standard InChI is InChI=1S/C16H17N3O7S/c1-9(2)25-13-6-11(7-14(19-13)26-27(3,23)24)15(20)18-12-5-4-10(8-17-12)16(21)22/h4-9H,1-3H3,(H,21,22)(H,17,18,20). The number of carbonyl (C=O) groups excluding carboxylic acids is 1. The minimum absolute atomic E-state index is 0.00508. The molecule has 0 unspecified atom stereocenters. The van der Waals surface area contributed by atoms with Crippen molar-refractivity contribution in [2.45, 2.75) is 20.0 Å². The summed E-state index contributed by atoms with van der Waals surface area (Å²) >= 11 is 0. The van der Waals surface area contributed by atoms with E-state index in [1.807, 2.05) is 0 Å². The van der Waals surface area contributed by atoms with E-state index in [1.165, 1.54) is 18.2 Å². The molecule has 1 amide bonds. The monoisotopic (exact) mass is 395 g/mol. The number of carbonyl (C=O) groups is 2. The third kappa shape index (κ3) is 6.22. The van der Waals surface area contributed by atoms with Crippen molar-refractivity contribution in [2.24, 2.45) is 0 Å². The maximum atomic E-state index is 12.4. The van der Waals surface area contributed by atoms with E-state index in [2.05, 4.69) is 15.3 Å². The zero-order valence-corrected chi connectivity index (χ0v) is 15.5. The second-order valence-electron chi connectivity index (χ2n) is 5.68. The van der Waals surface area contributed by atoms with Gasteiger partial charge in [-0.2, -0.15) is 13.4 Å². The van der Waals surface area contributed by atoms with Crippen molar-refractivity contribution in [3.05, 3.63) is 41.6 Å². The van der Waals surface area contributed by atoms with Gasteiger partial charge in [0.15, 0.2) is 0 Å². The van der Waals surface area contributed by atoms with Gasteiger partial charge in [-0.05, 0) is 26.0 Å². The predicted octanol–water partition coefficient (Wildman–Crippen LogP) is 1.55. The third-order valence-corrected chi connectivity index (χ3v) is 3.36. The molecule has 0 aromatic carbocycles. The Morgan fingerprint density at radius 2 is 1.81 bits per heavy atom. The molecule has 0 aliphatic rings. The Morgan fingerprint density at radius 3 is 2.33 bits per heavy atom. The summed E-state index contributed by atoms with van der Waals surface area (Å²) in [5.74, 6) is -1.99. The number of hydrogen-bond acceptors (Lipinski definition) is 8. The minimum atomic E-state index is -3.85. The van der Waals surface area contributed by atoms with Crippen LogP contribution >= 0.6 is 0 Å². The van der Waals surface area contributed by atoms with Crippen LogP contribution in [0.2, 0.25) is 0 Å². The van der Waals surface area contributed by atoms with E-state index in [4.69, 9.17) is 14.0 Å². The van der Waals surface area contributed by atoms with Crippen LogP contribution in [0.25, 0.3) is 0 Å². The molecule has 2 rings (SSSR count). The van der Waals surface area contributed by atoms with Crippen LogP contribution < -0.4 is 14.2 Å². The molecule has 10 nitrogen and oxygen atoms in total. The molecule has 2 aromatic rings. The van der Waals surface area contributed by atoms with E-state index in [-0.39, 0.29) is 34.8 Å². The maximum absolute atomic E-state index is 12.4. The quantitative estimate of drug-likeness (QED) is 0.667. The Kier molecular flexibility index (Phi) is 5.95. The summed E-state index contributed by atoms with van der Waals surface area (Å²) in [4.78, 5) is 31.0. The normalized spacial score (nSPS) is 11.1. The lowest BCUT2D eigenvalue weighted by atomic mass is 10.2. The number of amides is 1. The van der Waals surface area contributed by atoms with Gasteiger partial charge in [0.1, 0.15) is 5.82 Å². The van der Waals surface area contributed by atoms with Crippen LogP contribution in [0.3, 0.4) is 0 Å². The first-order chi connectivity index (χ1) is 12.5. The molecule has 0 aliphatic carbocycles. The first-order valence-corrected chi connectivity index (χ1v) is 9.44. The Labute approximate surface area is 155 Å². The highest BCUT2D eigenvalue weighted by atomic mass is 32.2. The van der Waals surface area contributed by atoms with Gasteiger partial charge < -0.3 is 19.3 Å². The van der Waals surface area contributed by atoms with Crippen molar-refractivity contribution in [1.29, 1.82) is 0 Å². The molecule has 0 atom stereocenters. The molecule has 144 valence electrons. The van der Waals surface area contributed by atoms with Crippen molar-refractivity contribution in [1.82, 2.24) is 9.97 Å². The smallest absolute Gasteiger partial charge is 0.337 e. The molecule has 2 aromatic heterocycles. The molecule has 0 fully saturated rings. The third-order valence-electron chi connectivity index (χ3n) is 2.89. The lowest BCUT2D eigenvalue weighted by molar-refractivity contribution is 0.0696. The molecule has 0 bridgehead atoms. The number of hydrogen-bond donors (Lipinski definition) is 2. The Morgan fingerprint density at radius 1 is 1.15 bits per heavy atom. The van der Waals surface area contributed by atoms with E-state index in [0.717, 1.165) is 18.5 Å². The van der Waals surface area contributed by atoms with Gasteiger partial charge in [0.25, 0.3) is 5.91 Å². The van der Waals surface area contributed by atoms with E-state index in [0.29, 0.717) is 0 Å². The number of pyridine rings is 2. The number of carboxylic acid groups (broad SMARTS) is 1. The van der Waals surface area contributed by atoms with Crippen LogP contribution in [-0.2, 0) is 10.1 Å². The van der Waals surface area contributed by atoms with Crippen LogP contribution in [0, 0.1) is 0 Å². The van der Waals surface area contributed by atoms with Gasteiger partial charge in [0.05, 0.1) is 23.5 Å². The van der Waals surface area contributed by atoms with Gasteiger partial charge in [0.2, 0.25) is 11.8 Å². The zero-order valence-electron chi connectivity index (χ0n) is 14.7. The molecule has 0 saturated heterocycles. The number of nitrogens with one attached hydrogen (secondary N) is 1. The summed E-state index contributed by atoms with van der Waals surface area (Å²) in [7, 11) is -3.85. The molecule has 0 aliphatic heterocycles. The topological polar surface area (TPSA) is 145 Å². The van der Waals surface area contributed by atoms with Crippen molar-refractivity contribution >= 4 is 27.8 Å². The average Bonchev–Trinajstić information content (AvgIpc) is 2.52. The van der Waals surface area contributed by atoms with Crippen LogP contribution in [0.1, 0.15) is 34.6 Å². The fraction of sp³-hybridized carbons (Fsp3) is 0.250. The van der Waals surface area contributed by atoms with E-state index >= 15 is 0 Å². The van der Waals surface area contributed by atoms with Crippen LogP contribution in [0.5, 0.6) is 11.8 Å². The molecular formula is C16H17N3O7S. The van der Waals surface area contributed by atoms with Crippen molar-refractivity contribution < 1.29 is 32.0 Å². The Bertz CT molecular complexity index is 956. The van der Waals surface area contributed by atoms with E-state index < -0.39 is 22.0 Å². The summed E-state index contributed by atoms with van der Waals surface area (Å²) < 4.78 is 32.8. The fourth-order valence-electron chi connectivity index (χ4n) is 1.89. The zero-order chi connectivity index (χ0) is 20.2. The Balaban J connectivity index is 2.29. The summed E-state index contributed by atoms with van der Waals surface area (Å²) in [5, 5.41) is 11.3. The Hall–Kier alpha value is -3.21.